The highest BCUT2D eigenvalue weighted by molar-refractivity contribution is 5.97. The van der Waals surface area contributed by atoms with Crippen LogP contribution < -0.4 is 0 Å². The summed E-state index contributed by atoms with van der Waals surface area (Å²) in [6, 6.07) is 5.56. The Balaban J connectivity index is 1.64. The monoisotopic (exact) mass is 350 g/mol. The molecule has 4 rings (SSSR count). The second-order valence-corrected chi connectivity index (χ2v) is 7.02. The van der Waals surface area contributed by atoms with Gasteiger partial charge in [0.15, 0.2) is 0 Å². The summed E-state index contributed by atoms with van der Waals surface area (Å²) in [6.07, 6.45) is 5.51. The molecular formula is C20H22N4O2. The topological polar surface area (TPSA) is 82.1 Å². The van der Waals surface area contributed by atoms with Gasteiger partial charge >= 0.3 is 0 Å². The summed E-state index contributed by atoms with van der Waals surface area (Å²) in [7, 11) is 0. The standard InChI is InChI=1S/C20H22N4O2/c1-12-10-13(2)18(25)17-15(12)5-6-16(23-17)20(26)24-9-3-4-14(11-24)19-21-7-8-22-19/h5-8,10,14,25H,3-4,9,11H2,1-2H3,(H,21,22). The van der Waals surface area contributed by atoms with Crippen LogP contribution in [0.5, 0.6) is 5.75 Å². The lowest BCUT2D eigenvalue weighted by Crippen LogP contribution is -2.39. The minimum absolute atomic E-state index is 0.0956. The number of benzene rings is 1. The highest BCUT2D eigenvalue weighted by Crippen LogP contribution is 2.30. The van der Waals surface area contributed by atoms with Crippen LogP contribution in [0.15, 0.2) is 30.6 Å². The number of aromatic amines is 1. The quantitative estimate of drug-likeness (QED) is 0.743. The number of nitrogens with zero attached hydrogens (tertiary/aromatic N) is 3. The van der Waals surface area contributed by atoms with Crippen LogP contribution in [-0.2, 0) is 0 Å². The molecule has 3 heterocycles. The van der Waals surface area contributed by atoms with Gasteiger partial charge in [0.2, 0.25) is 0 Å². The number of hydrogen-bond acceptors (Lipinski definition) is 4. The van der Waals surface area contributed by atoms with Crippen LogP contribution in [-0.4, -0.2) is 44.0 Å². The lowest BCUT2D eigenvalue weighted by molar-refractivity contribution is 0.0699. The predicted molar refractivity (Wildman–Crippen MR) is 99.3 cm³/mol. The summed E-state index contributed by atoms with van der Waals surface area (Å²) in [4.78, 5) is 26.8. The Morgan fingerprint density at radius 3 is 2.92 bits per heavy atom. The van der Waals surface area contributed by atoms with Gasteiger partial charge in [-0.15, -0.1) is 0 Å². The Labute approximate surface area is 151 Å². The Hall–Kier alpha value is -2.89. The highest BCUT2D eigenvalue weighted by atomic mass is 16.3. The summed E-state index contributed by atoms with van der Waals surface area (Å²) < 4.78 is 0. The number of carbonyl (C=O) groups excluding carboxylic acids is 1. The number of H-pyrrole nitrogens is 1. The molecule has 0 radical (unpaired) electrons. The van der Waals surface area contributed by atoms with Crippen LogP contribution in [0.4, 0.5) is 0 Å². The second kappa shape index (κ2) is 6.44. The second-order valence-electron chi connectivity index (χ2n) is 7.02. The van der Waals surface area contributed by atoms with Gasteiger partial charge in [-0.2, -0.15) is 0 Å². The van der Waals surface area contributed by atoms with Gasteiger partial charge in [0.25, 0.3) is 5.91 Å². The number of hydrogen-bond donors (Lipinski definition) is 2. The maximum Gasteiger partial charge on any atom is 0.272 e. The molecule has 1 fully saturated rings. The van der Waals surface area contributed by atoms with E-state index in [1.165, 1.54) is 0 Å². The number of aromatic nitrogens is 3. The first-order valence-electron chi connectivity index (χ1n) is 8.93. The molecule has 1 saturated heterocycles. The maximum absolute atomic E-state index is 13.0. The third-order valence-electron chi connectivity index (χ3n) is 5.18. The van der Waals surface area contributed by atoms with Crippen molar-refractivity contribution in [2.45, 2.75) is 32.6 Å². The van der Waals surface area contributed by atoms with E-state index in [0.717, 1.165) is 35.2 Å². The van der Waals surface area contributed by atoms with Crippen molar-refractivity contribution in [1.82, 2.24) is 19.9 Å². The zero-order chi connectivity index (χ0) is 18.3. The molecule has 1 aromatic carbocycles. The maximum atomic E-state index is 13.0. The molecule has 1 amide bonds. The largest absolute Gasteiger partial charge is 0.505 e. The van der Waals surface area contributed by atoms with E-state index < -0.39 is 0 Å². The first-order valence-corrected chi connectivity index (χ1v) is 8.93. The van der Waals surface area contributed by atoms with E-state index in [9.17, 15) is 9.90 Å². The van der Waals surface area contributed by atoms with E-state index in [1.54, 1.807) is 12.3 Å². The zero-order valence-corrected chi connectivity index (χ0v) is 15.0. The molecule has 1 aliphatic heterocycles. The lowest BCUT2D eigenvalue weighted by Gasteiger charge is -2.31. The summed E-state index contributed by atoms with van der Waals surface area (Å²) in [5, 5.41) is 11.2. The number of fused-ring (bicyclic) bond motifs is 1. The number of phenolic OH excluding ortho intramolecular Hbond substituents is 1. The molecule has 2 N–H and O–H groups in total. The first kappa shape index (κ1) is 16.6. The van der Waals surface area contributed by atoms with Crippen LogP contribution in [0.2, 0.25) is 0 Å². The molecule has 6 heteroatoms. The number of aryl methyl sites for hydroxylation is 2. The number of nitrogens with one attached hydrogen (secondary N) is 1. The number of likely N-dealkylation sites (tertiary alicyclic amines) is 1. The van der Waals surface area contributed by atoms with Gasteiger partial charge in [0, 0.05) is 36.8 Å². The Morgan fingerprint density at radius 2 is 2.15 bits per heavy atom. The Bertz CT molecular complexity index is 966. The smallest absolute Gasteiger partial charge is 0.272 e. The Morgan fingerprint density at radius 1 is 1.31 bits per heavy atom. The number of piperidine rings is 1. The molecule has 0 spiro atoms. The van der Waals surface area contributed by atoms with Gasteiger partial charge in [-0.3, -0.25) is 4.79 Å². The Kier molecular flexibility index (Phi) is 4.11. The van der Waals surface area contributed by atoms with Crippen molar-refractivity contribution in [3.05, 3.63) is 53.2 Å². The number of amides is 1. The molecule has 3 aromatic rings. The molecule has 1 atom stereocenters. The van der Waals surface area contributed by atoms with E-state index in [-0.39, 0.29) is 17.6 Å². The van der Waals surface area contributed by atoms with E-state index in [2.05, 4.69) is 15.0 Å². The summed E-state index contributed by atoms with van der Waals surface area (Å²) in [5.74, 6) is 1.20. The third-order valence-corrected chi connectivity index (χ3v) is 5.18. The summed E-state index contributed by atoms with van der Waals surface area (Å²) in [6.45, 7) is 5.17. The zero-order valence-electron chi connectivity index (χ0n) is 15.0. The molecule has 6 nitrogen and oxygen atoms in total. The number of carbonyl (C=O) groups is 1. The number of aromatic hydroxyl groups is 1. The normalized spacial score (nSPS) is 17.6. The third kappa shape index (κ3) is 2.81. The molecule has 0 bridgehead atoms. The van der Waals surface area contributed by atoms with E-state index in [0.29, 0.717) is 24.3 Å². The molecule has 1 unspecified atom stereocenters. The molecule has 0 saturated carbocycles. The first-order chi connectivity index (χ1) is 12.5. The highest BCUT2D eigenvalue weighted by Gasteiger charge is 2.27. The van der Waals surface area contributed by atoms with Gasteiger partial charge in [-0.1, -0.05) is 12.1 Å². The molecule has 134 valence electrons. The van der Waals surface area contributed by atoms with Crippen molar-refractivity contribution in [3.8, 4) is 5.75 Å². The van der Waals surface area contributed by atoms with Crippen LogP contribution in [0, 0.1) is 13.8 Å². The van der Waals surface area contributed by atoms with Crippen LogP contribution in [0.1, 0.15) is 46.2 Å². The average Bonchev–Trinajstić information content (AvgIpc) is 3.20. The van der Waals surface area contributed by atoms with Crippen molar-refractivity contribution < 1.29 is 9.90 Å². The predicted octanol–water partition coefficient (Wildman–Crippen LogP) is 3.30. The van der Waals surface area contributed by atoms with Gasteiger partial charge < -0.3 is 15.0 Å². The van der Waals surface area contributed by atoms with Crippen LogP contribution in [0.25, 0.3) is 10.9 Å². The fraction of sp³-hybridized carbons (Fsp3) is 0.350. The van der Waals surface area contributed by atoms with E-state index >= 15 is 0 Å². The minimum atomic E-state index is -0.0956. The molecular weight excluding hydrogens is 328 g/mol. The van der Waals surface area contributed by atoms with Gasteiger partial charge in [0.1, 0.15) is 22.8 Å². The summed E-state index contributed by atoms with van der Waals surface area (Å²) in [5.41, 5.74) is 2.67. The SMILES string of the molecule is Cc1cc(C)c2ccc(C(=O)N3CCCC(c4ncc[nH]4)C3)nc2c1O. The van der Waals surface area contributed by atoms with Crippen molar-refractivity contribution in [1.29, 1.82) is 0 Å². The number of rotatable bonds is 2. The van der Waals surface area contributed by atoms with Crippen molar-refractivity contribution in [3.63, 3.8) is 0 Å². The van der Waals surface area contributed by atoms with Gasteiger partial charge in [-0.25, -0.2) is 9.97 Å². The molecule has 2 aromatic heterocycles. The van der Waals surface area contributed by atoms with E-state index in [4.69, 9.17) is 0 Å². The molecule has 1 aliphatic rings. The molecule has 26 heavy (non-hydrogen) atoms. The van der Waals surface area contributed by atoms with Crippen molar-refractivity contribution in [2.24, 2.45) is 0 Å². The number of pyridine rings is 1. The van der Waals surface area contributed by atoms with E-state index in [1.807, 2.05) is 37.1 Å². The van der Waals surface area contributed by atoms with Gasteiger partial charge in [0.05, 0.1) is 0 Å². The van der Waals surface area contributed by atoms with Crippen molar-refractivity contribution >= 4 is 16.8 Å². The molecule has 0 aliphatic carbocycles. The van der Waals surface area contributed by atoms with Gasteiger partial charge in [-0.05, 0) is 43.9 Å². The minimum Gasteiger partial charge on any atom is -0.505 e. The van der Waals surface area contributed by atoms with Crippen LogP contribution in [0.3, 0.4) is 0 Å². The van der Waals surface area contributed by atoms with Crippen molar-refractivity contribution in [2.75, 3.05) is 13.1 Å². The number of phenols is 1. The average molecular weight is 350 g/mol. The fourth-order valence-corrected chi connectivity index (χ4v) is 3.78. The lowest BCUT2D eigenvalue weighted by atomic mass is 9.97. The van der Waals surface area contributed by atoms with Crippen LogP contribution >= 0.6 is 0 Å². The summed E-state index contributed by atoms with van der Waals surface area (Å²) >= 11 is 0. The fourth-order valence-electron chi connectivity index (χ4n) is 3.78. The number of imidazole rings is 1.